The fourth-order valence-electron chi connectivity index (χ4n) is 2.48. The first-order valence-corrected chi connectivity index (χ1v) is 9.12. The van der Waals surface area contributed by atoms with Crippen LogP contribution in [0.25, 0.3) is 0 Å². The molecule has 7 nitrogen and oxygen atoms in total. The molecule has 0 aromatic carbocycles. The molecule has 1 saturated heterocycles. The number of hydrogen-bond donors (Lipinski definition) is 0. The van der Waals surface area contributed by atoms with Gasteiger partial charge in [-0.1, -0.05) is 19.0 Å². The second kappa shape index (κ2) is 6.31. The highest BCUT2D eigenvalue weighted by atomic mass is 32.2. The average Bonchev–Trinajstić information content (AvgIpc) is 2.87. The highest BCUT2D eigenvalue weighted by molar-refractivity contribution is 7.88. The lowest BCUT2D eigenvalue weighted by Gasteiger charge is -2.32. The van der Waals surface area contributed by atoms with Crippen LogP contribution in [0.2, 0.25) is 0 Å². The summed E-state index contributed by atoms with van der Waals surface area (Å²) in [6, 6.07) is 0.547. The zero-order chi connectivity index (χ0) is 15.6. The molecule has 0 aliphatic carbocycles. The number of nitrogens with zero attached hydrogens (tertiary/aromatic N) is 4. The molecule has 0 saturated carbocycles. The van der Waals surface area contributed by atoms with Gasteiger partial charge in [0.2, 0.25) is 10.0 Å². The van der Waals surface area contributed by atoms with E-state index in [0.717, 1.165) is 25.9 Å². The molecule has 1 aliphatic rings. The first-order valence-electron chi connectivity index (χ1n) is 7.27. The van der Waals surface area contributed by atoms with Crippen molar-refractivity contribution in [1.29, 1.82) is 0 Å². The molecule has 1 aliphatic heterocycles. The van der Waals surface area contributed by atoms with Crippen LogP contribution in [0.15, 0.2) is 4.52 Å². The Hall–Kier alpha value is -1.15. The van der Waals surface area contributed by atoms with Gasteiger partial charge in [0.05, 0.1) is 6.26 Å². The van der Waals surface area contributed by atoms with Crippen molar-refractivity contribution in [2.24, 2.45) is 5.92 Å². The zero-order valence-electron chi connectivity index (χ0n) is 13.1. The van der Waals surface area contributed by atoms with E-state index in [-0.39, 0.29) is 11.8 Å². The second-order valence-corrected chi connectivity index (χ2v) is 8.18. The fraction of sp³-hybridized carbons (Fsp3) is 0.846. The van der Waals surface area contributed by atoms with Gasteiger partial charge in [-0.05, 0) is 18.8 Å². The smallest absolute Gasteiger partial charge is 0.324 e. The molecule has 0 spiro atoms. The van der Waals surface area contributed by atoms with E-state index in [4.69, 9.17) is 4.52 Å². The highest BCUT2D eigenvalue weighted by Crippen LogP contribution is 2.24. The third-order valence-electron chi connectivity index (χ3n) is 3.82. The lowest BCUT2D eigenvalue weighted by molar-refractivity contribution is 0.319. The summed E-state index contributed by atoms with van der Waals surface area (Å²) in [6.45, 7) is 6.20. The van der Waals surface area contributed by atoms with Crippen LogP contribution in [0.5, 0.6) is 0 Å². The summed E-state index contributed by atoms with van der Waals surface area (Å²) in [6.07, 6.45) is 3.25. The number of anilines is 1. The van der Waals surface area contributed by atoms with Crippen LogP contribution < -0.4 is 4.90 Å². The van der Waals surface area contributed by atoms with Crippen LogP contribution in [0.3, 0.4) is 0 Å². The van der Waals surface area contributed by atoms with Gasteiger partial charge in [-0.15, -0.1) is 0 Å². The van der Waals surface area contributed by atoms with Crippen molar-refractivity contribution in [1.82, 2.24) is 14.4 Å². The fourth-order valence-corrected chi connectivity index (χ4v) is 2.96. The second-order valence-electron chi connectivity index (χ2n) is 6.09. The first-order chi connectivity index (χ1) is 9.77. The third kappa shape index (κ3) is 4.16. The molecule has 0 unspecified atom stereocenters. The van der Waals surface area contributed by atoms with Crippen molar-refractivity contribution in [3.05, 3.63) is 5.82 Å². The van der Waals surface area contributed by atoms with Crippen molar-refractivity contribution in [3.8, 4) is 0 Å². The number of rotatable bonds is 5. The summed E-state index contributed by atoms with van der Waals surface area (Å²) in [5.74, 6) is 1.23. The van der Waals surface area contributed by atoms with Crippen LogP contribution in [0, 0.1) is 5.92 Å². The van der Waals surface area contributed by atoms with E-state index in [1.54, 1.807) is 7.05 Å². The molecule has 1 fully saturated rings. The van der Waals surface area contributed by atoms with E-state index in [2.05, 4.69) is 15.0 Å². The molecular formula is C13H24N4O3S. The Morgan fingerprint density at radius 2 is 2.19 bits per heavy atom. The maximum atomic E-state index is 11.5. The van der Waals surface area contributed by atoms with Crippen molar-refractivity contribution >= 4 is 16.0 Å². The van der Waals surface area contributed by atoms with Gasteiger partial charge in [0.15, 0.2) is 5.82 Å². The highest BCUT2D eigenvalue weighted by Gasteiger charge is 2.26. The van der Waals surface area contributed by atoms with E-state index in [9.17, 15) is 8.42 Å². The largest absolute Gasteiger partial charge is 0.324 e. The Bertz CT molecular complexity index is 570. The lowest BCUT2D eigenvalue weighted by atomic mass is 9.98. The Morgan fingerprint density at radius 3 is 2.76 bits per heavy atom. The Kier molecular flexibility index (Phi) is 4.88. The molecule has 0 amide bonds. The number of sulfonamides is 1. The summed E-state index contributed by atoms with van der Waals surface area (Å²) in [5.41, 5.74) is 0. The molecule has 1 aromatic rings. The summed E-state index contributed by atoms with van der Waals surface area (Å²) in [5, 5.41) is 3.98. The van der Waals surface area contributed by atoms with E-state index >= 15 is 0 Å². The van der Waals surface area contributed by atoms with Gasteiger partial charge in [-0.3, -0.25) is 0 Å². The minimum Gasteiger partial charge on any atom is -0.324 e. The average molecular weight is 316 g/mol. The summed E-state index contributed by atoms with van der Waals surface area (Å²) >= 11 is 0. The maximum absolute atomic E-state index is 11.5. The molecule has 2 rings (SSSR count). The summed E-state index contributed by atoms with van der Waals surface area (Å²) < 4.78 is 29.7. The van der Waals surface area contributed by atoms with Gasteiger partial charge in [-0.25, -0.2) is 12.7 Å². The summed E-state index contributed by atoms with van der Waals surface area (Å²) in [4.78, 5) is 6.47. The van der Waals surface area contributed by atoms with E-state index in [1.807, 2.05) is 13.8 Å². The van der Waals surface area contributed by atoms with Gasteiger partial charge >= 0.3 is 6.01 Å². The van der Waals surface area contributed by atoms with Crippen molar-refractivity contribution in [3.63, 3.8) is 0 Å². The normalized spacial score (nSPS) is 20.5. The predicted octanol–water partition coefficient (Wildman–Crippen LogP) is 1.30. The molecule has 1 atom stereocenters. The van der Waals surface area contributed by atoms with E-state index in [0.29, 0.717) is 18.4 Å². The van der Waals surface area contributed by atoms with E-state index < -0.39 is 10.0 Å². The zero-order valence-corrected chi connectivity index (χ0v) is 13.9. The summed E-state index contributed by atoms with van der Waals surface area (Å²) in [7, 11) is -1.51. The Labute approximate surface area is 126 Å². The standard InChI is InChI=1S/C13H24N4O3S/c1-10(2)12-14-13(20-15-12)17-7-5-6-11(9-17)8-16(3)21(4,18)19/h10-11H,5-9H2,1-4H3/t11-/m1/s1. The van der Waals surface area contributed by atoms with Gasteiger partial charge in [0.1, 0.15) is 0 Å². The molecule has 8 heteroatoms. The Morgan fingerprint density at radius 1 is 1.48 bits per heavy atom. The molecule has 1 aromatic heterocycles. The van der Waals surface area contributed by atoms with Gasteiger partial charge < -0.3 is 9.42 Å². The minimum atomic E-state index is -3.13. The minimum absolute atomic E-state index is 0.236. The van der Waals surface area contributed by atoms with E-state index in [1.165, 1.54) is 10.6 Å². The number of hydrogen-bond acceptors (Lipinski definition) is 6. The molecule has 0 N–H and O–H groups in total. The van der Waals surface area contributed by atoms with Crippen molar-refractivity contribution in [2.45, 2.75) is 32.6 Å². The number of aromatic nitrogens is 2. The van der Waals surface area contributed by atoms with Gasteiger partial charge in [0.25, 0.3) is 0 Å². The van der Waals surface area contributed by atoms with Gasteiger partial charge in [0, 0.05) is 32.6 Å². The topological polar surface area (TPSA) is 79.5 Å². The number of piperidine rings is 1. The molecule has 2 heterocycles. The van der Waals surface area contributed by atoms with Crippen LogP contribution in [-0.2, 0) is 10.0 Å². The Balaban J connectivity index is 2.00. The third-order valence-corrected chi connectivity index (χ3v) is 5.10. The lowest BCUT2D eigenvalue weighted by Crippen LogP contribution is -2.41. The van der Waals surface area contributed by atoms with Crippen LogP contribution >= 0.6 is 0 Å². The van der Waals surface area contributed by atoms with Crippen LogP contribution in [-0.4, -0.2) is 55.8 Å². The van der Waals surface area contributed by atoms with Crippen molar-refractivity contribution < 1.29 is 12.9 Å². The van der Waals surface area contributed by atoms with Crippen LogP contribution in [0.1, 0.15) is 38.4 Å². The van der Waals surface area contributed by atoms with Gasteiger partial charge in [-0.2, -0.15) is 4.98 Å². The monoisotopic (exact) mass is 316 g/mol. The SMILES string of the molecule is CC(C)c1noc(N2CCC[C@H](CN(C)S(C)(=O)=O)C2)n1. The molecule has 120 valence electrons. The molecule has 21 heavy (non-hydrogen) atoms. The molecular weight excluding hydrogens is 292 g/mol. The molecule has 0 bridgehead atoms. The maximum Gasteiger partial charge on any atom is 0.324 e. The quantitative estimate of drug-likeness (QED) is 0.814. The van der Waals surface area contributed by atoms with Crippen molar-refractivity contribution in [2.75, 3.05) is 37.8 Å². The molecule has 0 radical (unpaired) electrons. The predicted molar refractivity (Wildman–Crippen MR) is 80.8 cm³/mol. The first kappa shape index (κ1) is 16.2. The van der Waals surface area contributed by atoms with Crippen LogP contribution in [0.4, 0.5) is 6.01 Å².